The third-order valence-electron chi connectivity index (χ3n) is 4.92. The van der Waals surface area contributed by atoms with Gasteiger partial charge in [0.25, 0.3) is 17.1 Å². The second kappa shape index (κ2) is 11.5. The molecule has 1 atom stereocenters. The van der Waals surface area contributed by atoms with Crippen LogP contribution in [0.15, 0.2) is 53.4 Å². The maximum Gasteiger partial charge on any atom is 0.326 e. The number of rotatable bonds is 9. The monoisotopic (exact) mass is 482 g/mol. The zero-order valence-corrected chi connectivity index (χ0v) is 20.0. The van der Waals surface area contributed by atoms with E-state index in [1.165, 1.54) is 0 Å². The zero-order chi connectivity index (χ0) is 24.7. The van der Waals surface area contributed by atoms with Crippen LogP contribution in [-0.2, 0) is 19.1 Å². The maximum absolute atomic E-state index is 12.6. The molecular weight excluding hydrogens is 456 g/mol. The van der Waals surface area contributed by atoms with Crippen LogP contribution in [0.3, 0.4) is 0 Å². The highest BCUT2D eigenvalue weighted by atomic mass is 32.2. The van der Waals surface area contributed by atoms with Crippen molar-refractivity contribution in [3.63, 3.8) is 0 Å². The Balaban J connectivity index is 1.54. The van der Waals surface area contributed by atoms with Crippen molar-refractivity contribution >= 4 is 46.5 Å². The number of nitrogens with one attached hydrogen (secondary N) is 1. The van der Waals surface area contributed by atoms with Crippen LogP contribution in [-0.4, -0.2) is 47.2 Å². The fraction of sp³-hybridized carbons (Fsp3) is 0.280. The number of aryl methyl sites for hydroxylation is 1. The molecule has 1 aliphatic rings. The molecule has 178 valence electrons. The minimum Gasteiger partial charge on any atom is -0.484 e. The number of amides is 3. The number of imide groups is 1. The highest BCUT2D eigenvalue weighted by molar-refractivity contribution is 8.18. The van der Waals surface area contributed by atoms with Gasteiger partial charge in [0.15, 0.2) is 6.61 Å². The molecule has 1 aliphatic heterocycles. The summed E-state index contributed by atoms with van der Waals surface area (Å²) in [5, 5.41) is 2.25. The molecule has 9 heteroatoms. The number of carbonyl (C=O) groups is 4. The topological polar surface area (TPSA) is 102 Å². The highest BCUT2D eigenvalue weighted by Crippen LogP contribution is 2.32. The first-order valence-corrected chi connectivity index (χ1v) is 11.6. The number of thioether (sulfide) groups is 1. The minimum absolute atomic E-state index is 0.154. The van der Waals surface area contributed by atoms with Crippen molar-refractivity contribution in [1.29, 1.82) is 0 Å². The summed E-state index contributed by atoms with van der Waals surface area (Å²) in [4.78, 5) is 49.9. The smallest absolute Gasteiger partial charge is 0.326 e. The molecule has 1 N–H and O–H groups in total. The third-order valence-corrected chi connectivity index (χ3v) is 5.83. The van der Waals surface area contributed by atoms with E-state index in [4.69, 9.17) is 9.47 Å². The summed E-state index contributed by atoms with van der Waals surface area (Å²) in [5.74, 6) is -0.956. The number of hydrogen-bond donors (Lipinski definition) is 1. The number of hydrogen-bond acceptors (Lipinski definition) is 7. The molecule has 8 nitrogen and oxygen atoms in total. The molecule has 0 bridgehead atoms. The van der Waals surface area contributed by atoms with Crippen LogP contribution in [0.2, 0.25) is 0 Å². The van der Waals surface area contributed by atoms with Gasteiger partial charge in [0.2, 0.25) is 0 Å². The fourth-order valence-corrected chi connectivity index (χ4v) is 3.83. The summed E-state index contributed by atoms with van der Waals surface area (Å²) in [7, 11) is 0. The lowest BCUT2D eigenvalue weighted by atomic mass is 10.2. The molecule has 3 amide bonds. The molecule has 1 saturated heterocycles. The molecule has 0 aromatic heterocycles. The maximum atomic E-state index is 12.6. The first-order valence-electron chi connectivity index (χ1n) is 10.8. The molecule has 34 heavy (non-hydrogen) atoms. The van der Waals surface area contributed by atoms with Gasteiger partial charge < -0.3 is 14.8 Å². The molecular formula is C25H26N2O6S. The van der Waals surface area contributed by atoms with E-state index in [0.29, 0.717) is 23.4 Å². The average Bonchev–Trinajstić information content (AvgIpc) is 3.05. The van der Waals surface area contributed by atoms with Crippen LogP contribution in [0.5, 0.6) is 5.75 Å². The highest BCUT2D eigenvalue weighted by Gasteiger charge is 2.36. The fourth-order valence-electron chi connectivity index (χ4n) is 2.99. The molecule has 0 unspecified atom stereocenters. The summed E-state index contributed by atoms with van der Waals surface area (Å²) in [6.45, 7) is 4.99. The van der Waals surface area contributed by atoms with Gasteiger partial charge >= 0.3 is 5.97 Å². The van der Waals surface area contributed by atoms with E-state index in [-0.39, 0.29) is 23.5 Å². The van der Waals surface area contributed by atoms with Crippen molar-refractivity contribution in [2.45, 2.75) is 33.3 Å². The van der Waals surface area contributed by atoms with Crippen molar-refractivity contribution in [2.75, 3.05) is 18.5 Å². The Morgan fingerprint density at radius 3 is 2.56 bits per heavy atom. The SMILES string of the molecule is CC[C@@H](C)OC(=O)CN1C(=O)S/C(=C/c2ccc(OCC(=O)Nc3cccc(C)c3)cc2)C1=O. The largest absolute Gasteiger partial charge is 0.484 e. The Kier molecular flexibility index (Phi) is 8.48. The van der Waals surface area contributed by atoms with E-state index in [9.17, 15) is 19.2 Å². The Bertz CT molecular complexity index is 1110. The first-order chi connectivity index (χ1) is 16.2. The van der Waals surface area contributed by atoms with Gasteiger partial charge in [-0.2, -0.15) is 0 Å². The lowest BCUT2D eigenvalue weighted by Gasteiger charge is -2.14. The number of nitrogens with zero attached hydrogens (tertiary/aromatic N) is 1. The van der Waals surface area contributed by atoms with E-state index in [1.807, 2.05) is 32.0 Å². The van der Waals surface area contributed by atoms with Crippen LogP contribution in [0, 0.1) is 6.92 Å². The molecule has 0 saturated carbocycles. The van der Waals surface area contributed by atoms with Gasteiger partial charge in [-0.3, -0.25) is 24.1 Å². The van der Waals surface area contributed by atoms with E-state index in [0.717, 1.165) is 22.2 Å². The van der Waals surface area contributed by atoms with Gasteiger partial charge in [0.1, 0.15) is 12.3 Å². The van der Waals surface area contributed by atoms with Crippen LogP contribution in [0.25, 0.3) is 6.08 Å². The number of ether oxygens (including phenoxy) is 2. The molecule has 2 aromatic carbocycles. The second-order valence-corrected chi connectivity index (χ2v) is 8.75. The normalized spacial score (nSPS) is 15.4. The van der Waals surface area contributed by atoms with Gasteiger partial charge in [-0.25, -0.2) is 0 Å². The lowest BCUT2D eigenvalue weighted by molar-refractivity contribution is -0.150. The molecule has 1 heterocycles. The first kappa shape index (κ1) is 25.0. The van der Waals surface area contributed by atoms with E-state index in [1.54, 1.807) is 43.3 Å². The summed E-state index contributed by atoms with van der Waals surface area (Å²) in [6, 6.07) is 14.2. The molecule has 0 radical (unpaired) electrons. The minimum atomic E-state index is -0.620. The number of anilines is 1. The van der Waals surface area contributed by atoms with Crippen molar-refractivity contribution in [3.8, 4) is 5.75 Å². The zero-order valence-electron chi connectivity index (χ0n) is 19.2. The van der Waals surface area contributed by atoms with E-state index < -0.39 is 23.7 Å². The Morgan fingerprint density at radius 1 is 1.15 bits per heavy atom. The molecule has 1 fully saturated rings. The average molecular weight is 483 g/mol. The lowest BCUT2D eigenvalue weighted by Crippen LogP contribution is -2.35. The van der Waals surface area contributed by atoms with Crippen LogP contribution >= 0.6 is 11.8 Å². The van der Waals surface area contributed by atoms with E-state index >= 15 is 0 Å². The van der Waals surface area contributed by atoms with Gasteiger partial charge in [-0.05, 0) is 73.5 Å². The Morgan fingerprint density at radius 2 is 1.88 bits per heavy atom. The summed E-state index contributed by atoms with van der Waals surface area (Å²) < 4.78 is 10.7. The van der Waals surface area contributed by atoms with Gasteiger partial charge in [-0.15, -0.1) is 0 Å². The van der Waals surface area contributed by atoms with Crippen LogP contribution in [0.1, 0.15) is 31.4 Å². The summed E-state index contributed by atoms with van der Waals surface area (Å²) >= 11 is 0.770. The van der Waals surface area contributed by atoms with Gasteiger partial charge in [0, 0.05) is 5.69 Å². The van der Waals surface area contributed by atoms with Crippen molar-refractivity contribution in [3.05, 3.63) is 64.6 Å². The molecule has 0 aliphatic carbocycles. The third kappa shape index (κ3) is 6.95. The number of carbonyl (C=O) groups excluding carboxylic acids is 4. The predicted octanol–water partition coefficient (Wildman–Crippen LogP) is 4.39. The number of esters is 1. The van der Waals surface area contributed by atoms with E-state index in [2.05, 4.69) is 5.32 Å². The van der Waals surface area contributed by atoms with Crippen molar-refractivity contribution < 1.29 is 28.7 Å². The quantitative estimate of drug-likeness (QED) is 0.418. The Hall–Kier alpha value is -3.59. The van der Waals surface area contributed by atoms with Crippen molar-refractivity contribution in [1.82, 2.24) is 4.90 Å². The van der Waals surface area contributed by atoms with Crippen molar-refractivity contribution in [2.24, 2.45) is 0 Å². The van der Waals surface area contributed by atoms with Gasteiger partial charge in [-0.1, -0.05) is 31.2 Å². The van der Waals surface area contributed by atoms with Gasteiger partial charge in [0.05, 0.1) is 11.0 Å². The van der Waals surface area contributed by atoms with Crippen LogP contribution in [0.4, 0.5) is 10.5 Å². The molecule has 2 aromatic rings. The molecule has 0 spiro atoms. The Labute approximate surface area is 202 Å². The standard InChI is InChI=1S/C25H26N2O6S/c1-4-17(3)33-23(29)14-27-24(30)21(34-25(27)31)13-18-8-10-20(11-9-18)32-15-22(28)26-19-7-5-6-16(2)12-19/h5-13,17H,4,14-15H2,1-3H3,(H,26,28)/b21-13+/t17-/m1/s1. The summed E-state index contributed by atoms with van der Waals surface area (Å²) in [6.07, 6.45) is 1.93. The number of benzene rings is 2. The predicted molar refractivity (Wildman–Crippen MR) is 130 cm³/mol. The summed E-state index contributed by atoms with van der Waals surface area (Å²) in [5.41, 5.74) is 2.41. The molecule has 3 rings (SSSR count). The second-order valence-electron chi connectivity index (χ2n) is 7.75. The van der Waals surface area contributed by atoms with Crippen LogP contribution < -0.4 is 10.1 Å².